The summed E-state index contributed by atoms with van der Waals surface area (Å²) >= 11 is 0. The first kappa shape index (κ1) is 10.1. The Hall–Kier alpha value is -0.930. The highest BCUT2D eigenvalue weighted by Gasteiger charge is 2.28. The molecule has 0 aromatic carbocycles. The van der Waals surface area contributed by atoms with Gasteiger partial charge >= 0.3 is 0 Å². The minimum Gasteiger partial charge on any atom is -0.468 e. The molecule has 0 aliphatic heterocycles. The zero-order valence-corrected chi connectivity index (χ0v) is 6.59. The molecule has 0 heterocycles. The molecule has 4 heteroatoms. The van der Waals surface area contributed by atoms with Gasteiger partial charge in [-0.25, -0.2) is 4.39 Å². The van der Waals surface area contributed by atoms with Crippen LogP contribution in [0, 0.1) is 0 Å². The number of carbonyl (C=O) groups is 2. The average Bonchev–Trinajstić information content (AvgIpc) is 1.88. The van der Waals surface area contributed by atoms with Crippen molar-refractivity contribution >= 4 is 12.3 Å². The van der Waals surface area contributed by atoms with E-state index >= 15 is 0 Å². The lowest BCUT2D eigenvalue weighted by atomic mass is 10.0. The largest absolute Gasteiger partial charge is 0.468 e. The standard InChI is InChI=1S/C7H11FO3/c1-6(10)7(2,8)3-4-11-5-9/h5H,3-4H2,1-2H3. The molecule has 0 radical (unpaired) electrons. The smallest absolute Gasteiger partial charge is 0.293 e. The summed E-state index contributed by atoms with van der Waals surface area (Å²) in [5.41, 5.74) is -1.87. The van der Waals surface area contributed by atoms with Crippen molar-refractivity contribution in [2.24, 2.45) is 0 Å². The van der Waals surface area contributed by atoms with E-state index in [0.717, 1.165) is 0 Å². The van der Waals surface area contributed by atoms with Crippen LogP contribution in [-0.4, -0.2) is 24.5 Å². The van der Waals surface area contributed by atoms with E-state index in [1.807, 2.05) is 0 Å². The predicted molar refractivity (Wildman–Crippen MR) is 36.8 cm³/mol. The van der Waals surface area contributed by atoms with Gasteiger partial charge in [0.25, 0.3) is 6.47 Å². The van der Waals surface area contributed by atoms with Crippen LogP contribution in [0.5, 0.6) is 0 Å². The van der Waals surface area contributed by atoms with Crippen molar-refractivity contribution in [1.29, 1.82) is 0 Å². The molecule has 0 aromatic heterocycles. The Balaban J connectivity index is 3.72. The summed E-state index contributed by atoms with van der Waals surface area (Å²) < 4.78 is 17.2. The zero-order valence-electron chi connectivity index (χ0n) is 6.59. The lowest BCUT2D eigenvalue weighted by molar-refractivity contribution is -0.133. The van der Waals surface area contributed by atoms with Crippen molar-refractivity contribution in [3.05, 3.63) is 0 Å². The number of alkyl halides is 1. The zero-order chi connectivity index (χ0) is 8.91. The molecule has 0 aromatic rings. The third-order valence-corrected chi connectivity index (χ3v) is 1.49. The highest BCUT2D eigenvalue weighted by molar-refractivity contribution is 5.84. The number of hydrogen-bond acceptors (Lipinski definition) is 3. The van der Waals surface area contributed by atoms with E-state index in [9.17, 15) is 14.0 Å². The summed E-state index contributed by atoms with van der Waals surface area (Å²) in [5.74, 6) is -0.549. The molecule has 0 spiro atoms. The summed E-state index contributed by atoms with van der Waals surface area (Å²) in [5, 5.41) is 0. The predicted octanol–water partition coefficient (Wildman–Crippen LogP) is 0.867. The summed E-state index contributed by atoms with van der Waals surface area (Å²) in [6, 6.07) is 0. The van der Waals surface area contributed by atoms with Crippen LogP contribution in [-0.2, 0) is 14.3 Å². The number of ketones is 1. The van der Waals surface area contributed by atoms with Crippen LogP contribution < -0.4 is 0 Å². The van der Waals surface area contributed by atoms with Crippen molar-refractivity contribution in [2.75, 3.05) is 6.61 Å². The summed E-state index contributed by atoms with van der Waals surface area (Å²) in [6.07, 6.45) is -0.0823. The number of carbonyl (C=O) groups excluding carboxylic acids is 2. The number of Topliss-reactive ketones (excluding diaryl/α,β-unsaturated/α-hetero) is 1. The van der Waals surface area contributed by atoms with E-state index in [-0.39, 0.29) is 19.5 Å². The molecule has 64 valence electrons. The highest BCUT2D eigenvalue weighted by atomic mass is 19.1. The molecule has 0 aliphatic rings. The molecule has 0 N–H and O–H groups in total. The minimum atomic E-state index is -1.87. The maximum absolute atomic E-state index is 13.0. The number of halogens is 1. The monoisotopic (exact) mass is 162 g/mol. The van der Waals surface area contributed by atoms with E-state index < -0.39 is 11.5 Å². The Kier molecular flexibility index (Phi) is 3.71. The Labute approximate surface area is 64.5 Å². The normalized spacial score (nSPS) is 15.2. The third-order valence-electron chi connectivity index (χ3n) is 1.49. The molecule has 11 heavy (non-hydrogen) atoms. The van der Waals surface area contributed by atoms with Gasteiger partial charge in [-0.05, 0) is 13.8 Å². The van der Waals surface area contributed by atoms with Gasteiger partial charge in [0.1, 0.15) is 0 Å². The summed E-state index contributed by atoms with van der Waals surface area (Å²) in [7, 11) is 0. The Morgan fingerprint density at radius 3 is 2.64 bits per heavy atom. The second kappa shape index (κ2) is 4.05. The van der Waals surface area contributed by atoms with Gasteiger partial charge in [0.05, 0.1) is 6.61 Å². The van der Waals surface area contributed by atoms with Crippen LogP contribution in [0.15, 0.2) is 0 Å². The van der Waals surface area contributed by atoms with E-state index in [1.165, 1.54) is 13.8 Å². The van der Waals surface area contributed by atoms with Crippen molar-refractivity contribution in [2.45, 2.75) is 25.9 Å². The average molecular weight is 162 g/mol. The van der Waals surface area contributed by atoms with Crippen LogP contribution in [0.25, 0.3) is 0 Å². The van der Waals surface area contributed by atoms with Crippen molar-refractivity contribution < 1.29 is 18.7 Å². The lowest BCUT2D eigenvalue weighted by Crippen LogP contribution is -2.29. The molecule has 0 rings (SSSR count). The second-order valence-corrected chi connectivity index (χ2v) is 2.47. The number of rotatable bonds is 5. The first-order valence-corrected chi connectivity index (χ1v) is 3.26. The van der Waals surface area contributed by atoms with Gasteiger partial charge in [-0.2, -0.15) is 0 Å². The molecular weight excluding hydrogens is 151 g/mol. The van der Waals surface area contributed by atoms with Gasteiger partial charge in [0.15, 0.2) is 11.5 Å². The molecule has 0 saturated heterocycles. The van der Waals surface area contributed by atoms with E-state index in [0.29, 0.717) is 0 Å². The molecule has 0 fully saturated rings. The lowest BCUT2D eigenvalue weighted by Gasteiger charge is -2.14. The van der Waals surface area contributed by atoms with Crippen LogP contribution in [0.4, 0.5) is 4.39 Å². The first-order chi connectivity index (χ1) is 5.00. The van der Waals surface area contributed by atoms with Gasteiger partial charge in [-0.3, -0.25) is 9.59 Å². The first-order valence-electron chi connectivity index (χ1n) is 3.26. The van der Waals surface area contributed by atoms with Crippen LogP contribution in [0.3, 0.4) is 0 Å². The maximum Gasteiger partial charge on any atom is 0.293 e. The van der Waals surface area contributed by atoms with Gasteiger partial charge in [-0.15, -0.1) is 0 Å². The third kappa shape index (κ3) is 3.70. The minimum absolute atomic E-state index is 0.0594. The summed E-state index contributed by atoms with van der Waals surface area (Å²) in [4.78, 5) is 20.2. The van der Waals surface area contributed by atoms with E-state index in [2.05, 4.69) is 4.74 Å². The molecule has 0 amide bonds. The molecule has 0 saturated carbocycles. The van der Waals surface area contributed by atoms with Crippen LogP contribution in [0.2, 0.25) is 0 Å². The molecule has 1 unspecified atom stereocenters. The molecular formula is C7H11FO3. The highest BCUT2D eigenvalue weighted by Crippen LogP contribution is 2.15. The topological polar surface area (TPSA) is 43.4 Å². The number of hydrogen-bond donors (Lipinski definition) is 0. The Morgan fingerprint density at radius 2 is 2.27 bits per heavy atom. The number of ether oxygens (including phenoxy) is 1. The molecule has 0 aliphatic carbocycles. The fourth-order valence-corrected chi connectivity index (χ4v) is 0.475. The molecule has 1 atom stereocenters. The molecule has 3 nitrogen and oxygen atoms in total. The van der Waals surface area contributed by atoms with E-state index in [1.54, 1.807) is 0 Å². The van der Waals surface area contributed by atoms with Crippen LogP contribution >= 0.6 is 0 Å². The van der Waals surface area contributed by atoms with Gasteiger partial charge < -0.3 is 4.74 Å². The van der Waals surface area contributed by atoms with Gasteiger partial charge in [0, 0.05) is 6.42 Å². The second-order valence-electron chi connectivity index (χ2n) is 2.47. The Bertz CT molecular complexity index is 154. The Morgan fingerprint density at radius 1 is 1.73 bits per heavy atom. The molecule has 0 bridgehead atoms. The van der Waals surface area contributed by atoms with Gasteiger partial charge in [-0.1, -0.05) is 0 Å². The fourth-order valence-electron chi connectivity index (χ4n) is 0.475. The quantitative estimate of drug-likeness (QED) is 0.445. The fraction of sp³-hybridized carbons (Fsp3) is 0.714. The van der Waals surface area contributed by atoms with E-state index in [4.69, 9.17) is 0 Å². The van der Waals surface area contributed by atoms with Crippen LogP contribution in [0.1, 0.15) is 20.3 Å². The van der Waals surface area contributed by atoms with Crippen molar-refractivity contribution in [3.63, 3.8) is 0 Å². The van der Waals surface area contributed by atoms with Crippen molar-refractivity contribution in [1.82, 2.24) is 0 Å². The SMILES string of the molecule is CC(=O)C(C)(F)CCOC=O. The summed E-state index contributed by atoms with van der Waals surface area (Å²) in [6.45, 7) is 2.51. The van der Waals surface area contributed by atoms with Gasteiger partial charge in [0.2, 0.25) is 0 Å². The van der Waals surface area contributed by atoms with Crippen molar-refractivity contribution in [3.8, 4) is 0 Å². The maximum atomic E-state index is 13.0.